The van der Waals surface area contributed by atoms with Crippen molar-refractivity contribution in [3.8, 4) is 10.6 Å². The van der Waals surface area contributed by atoms with Crippen molar-refractivity contribution in [3.05, 3.63) is 30.0 Å². The molecule has 2 aromatic heterocycles. The smallest absolute Gasteiger partial charge is 0.390 e. The van der Waals surface area contributed by atoms with E-state index in [1.165, 1.54) is 11.3 Å². The number of nitrogens with zero attached hydrogens (tertiary/aromatic N) is 3. The summed E-state index contributed by atoms with van der Waals surface area (Å²) in [5.41, 5.74) is 0.473. The van der Waals surface area contributed by atoms with Crippen molar-refractivity contribution in [1.29, 1.82) is 0 Å². The molecule has 2 aliphatic rings. The van der Waals surface area contributed by atoms with E-state index >= 15 is 0 Å². The maximum Gasteiger partial charge on any atom is 0.405 e. The molecule has 5 atom stereocenters. The van der Waals surface area contributed by atoms with Gasteiger partial charge in [-0.05, 0) is 32.4 Å². The summed E-state index contributed by atoms with van der Waals surface area (Å²) in [6.45, 7) is 2.54. The van der Waals surface area contributed by atoms with E-state index in [1.807, 2.05) is 24.3 Å². The van der Waals surface area contributed by atoms with Crippen LogP contribution in [0.25, 0.3) is 20.8 Å². The first-order chi connectivity index (χ1) is 16.1. The van der Waals surface area contributed by atoms with Crippen LogP contribution in [0.15, 0.2) is 24.3 Å². The van der Waals surface area contributed by atoms with Crippen molar-refractivity contribution in [1.82, 2.24) is 15.0 Å². The van der Waals surface area contributed by atoms with E-state index < -0.39 is 36.6 Å². The molecule has 0 amide bonds. The molecule has 2 saturated carbocycles. The number of anilines is 2. The van der Waals surface area contributed by atoms with Crippen LogP contribution in [0.5, 0.6) is 0 Å². The zero-order valence-electron chi connectivity index (χ0n) is 18.4. The van der Waals surface area contributed by atoms with Crippen LogP contribution in [0.2, 0.25) is 0 Å². The highest BCUT2D eigenvalue weighted by Gasteiger charge is 2.74. The Morgan fingerprint density at radius 3 is 2.71 bits per heavy atom. The number of ether oxygens (including phenoxy) is 1. The van der Waals surface area contributed by atoms with Crippen LogP contribution in [0, 0.1) is 12.8 Å². The first-order valence-electron chi connectivity index (χ1n) is 11.0. The van der Waals surface area contributed by atoms with Crippen molar-refractivity contribution in [2.45, 2.75) is 50.3 Å². The fourth-order valence-electron chi connectivity index (χ4n) is 4.77. The second-order valence-corrected chi connectivity index (χ2v) is 9.64. The Bertz CT molecular complexity index is 1190. The molecule has 2 fully saturated rings. The maximum atomic E-state index is 12.8. The Morgan fingerprint density at radius 2 is 2.00 bits per heavy atom. The van der Waals surface area contributed by atoms with E-state index in [0.717, 1.165) is 10.2 Å². The monoisotopic (exact) mass is 495 g/mol. The minimum absolute atomic E-state index is 0.169. The van der Waals surface area contributed by atoms with E-state index in [-0.39, 0.29) is 11.9 Å². The van der Waals surface area contributed by atoms with E-state index in [0.29, 0.717) is 35.1 Å². The number of aliphatic hydroxyl groups is 2. The molecule has 0 spiro atoms. The van der Waals surface area contributed by atoms with Crippen LogP contribution in [0.1, 0.15) is 19.0 Å². The van der Waals surface area contributed by atoms with Crippen molar-refractivity contribution < 1.29 is 28.1 Å². The molecule has 8 nitrogen and oxygen atoms in total. The molecule has 0 aliphatic heterocycles. The number of rotatable bonds is 7. The molecule has 5 unspecified atom stereocenters. The average Bonchev–Trinajstić information content (AvgIpc) is 3.08. The molecule has 0 bridgehead atoms. The van der Waals surface area contributed by atoms with Gasteiger partial charge in [0, 0.05) is 12.5 Å². The number of halogens is 3. The van der Waals surface area contributed by atoms with Gasteiger partial charge < -0.3 is 25.6 Å². The molecular weight excluding hydrogens is 471 g/mol. The number of aliphatic hydroxyl groups excluding tert-OH is 1. The highest BCUT2D eigenvalue weighted by atomic mass is 32.1. The minimum Gasteiger partial charge on any atom is -0.390 e. The zero-order valence-corrected chi connectivity index (χ0v) is 19.2. The summed E-state index contributed by atoms with van der Waals surface area (Å²) >= 11 is 1.43. The van der Waals surface area contributed by atoms with Crippen LogP contribution in [0.3, 0.4) is 0 Å². The van der Waals surface area contributed by atoms with Gasteiger partial charge in [0.05, 0.1) is 33.6 Å². The second kappa shape index (κ2) is 8.29. The Labute approximate surface area is 197 Å². The number of nitrogens with one attached hydrogen (secondary N) is 2. The number of benzene rings is 1. The summed E-state index contributed by atoms with van der Waals surface area (Å²) < 4.78 is 45.1. The quantitative estimate of drug-likeness (QED) is 0.395. The SMILES string of the molecule is CCOC1C(Nc2nc(NCC(F)(F)F)nc(C)c2-c2nc3ccccc3s2)CC2C(O)C21O. The van der Waals surface area contributed by atoms with E-state index in [9.17, 15) is 23.4 Å². The van der Waals surface area contributed by atoms with Gasteiger partial charge in [-0.15, -0.1) is 11.3 Å². The number of para-hydroxylation sites is 1. The summed E-state index contributed by atoms with van der Waals surface area (Å²) in [6, 6.07) is 7.19. The fraction of sp³-hybridized carbons (Fsp3) is 0.500. The number of hydrogen-bond donors (Lipinski definition) is 4. The summed E-state index contributed by atoms with van der Waals surface area (Å²) in [4.78, 5) is 13.3. The standard InChI is InChI=1S/C22H24F3N5O3S/c1-3-33-17-13(8-11-16(31)22(11,17)32)28-18-15(19-29-12-6-4-5-7-14(12)34-19)10(2)27-20(30-18)26-9-21(23,24)25/h4-7,11,13,16-17,31-32H,3,8-9H2,1-2H3,(H2,26,27,28,30). The van der Waals surface area contributed by atoms with Crippen molar-refractivity contribution in [2.24, 2.45) is 5.92 Å². The van der Waals surface area contributed by atoms with Crippen molar-refractivity contribution in [3.63, 3.8) is 0 Å². The zero-order chi connectivity index (χ0) is 24.3. The first-order valence-corrected chi connectivity index (χ1v) is 11.8. The highest BCUT2D eigenvalue weighted by molar-refractivity contribution is 7.21. The lowest BCUT2D eigenvalue weighted by molar-refractivity contribution is -0.115. The Balaban J connectivity index is 1.53. The van der Waals surface area contributed by atoms with Gasteiger partial charge in [0.2, 0.25) is 5.95 Å². The van der Waals surface area contributed by atoms with Gasteiger partial charge in [-0.1, -0.05) is 12.1 Å². The summed E-state index contributed by atoms with van der Waals surface area (Å²) in [7, 11) is 0. The number of alkyl halides is 3. The molecule has 2 aliphatic carbocycles. The third kappa shape index (κ3) is 3.98. The van der Waals surface area contributed by atoms with Gasteiger partial charge in [0.15, 0.2) is 0 Å². The molecule has 0 radical (unpaired) electrons. The highest BCUT2D eigenvalue weighted by Crippen LogP contribution is 2.57. The van der Waals surface area contributed by atoms with E-state index in [2.05, 4.69) is 25.6 Å². The molecule has 2 heterocycles. The summed E-state index contributed by atoms with van der Waals surface area (Å²) in [6.07, 6.45) is -5.55. The number of fused-ring (bicyclic) bond motifs is 2. The van der Waals surface area contributed by atoms with Gasteiger partial charge in [-0.3, -0.25) is 0 Å². The topological polar surface area (TPSA) is 112 Å². The molecular formula is C22H24F3N5O3S. The van der Waals surface area contributed by atoms with Gasteiger partial charge in [-0.25, -0.2) is 9.97 Å². The molecule has 12 heteroatoms. The molecule has 5 rings (SSSR count). The molecule has 3 aromatic rings. The Kier molecular flexibility index (Phi) is 5.66. The second-order valence-electron chi connectivity index (χ2n) is 8.61. The first kappa shape index (κ1) is 23.2. The minimum atomic E-state index is -4.43. The molecule has 0 saturated heterocycles. The predicted octanol–water partition coefficient (Wildman–Crippen LogP) is 3.35. The van der Waals surface area contributed by atoms with Crippen molar-refractivity contribution in [2.75, 3.05) is 23.8 Å². The largest absolute Gasteiger partial charge is 0.405 e. The van der Waals surface area contributed by atoms with Crippen LogP contribution < -0.4 is 10.6 Å². The number of aromatic nitrogens is 3. The van der Waals surface area contributed by atoms with Gasteiger partial charge in [0.1, 0.15) is 29.1 Å². The van der Waals surface area contributed by atoms with Gasteiger partial charge >= 0.3 is 6.18 Å². The van der Waals surface area contributed by atoms with Crippen molar-refractivity contribution >= 4 is 33.3 Å². The third-order valence-electron chi connectivity index (χ3n) is 6.38. The average molecular weight is 496 g/mol. The normalized spacial score (nSPS) is 28.2. The lowest BCUT2D eigenvalue weighted by Crippen LogP contribution is -2.44. The maximum absolute atomic E-state index is 12.8. The van der Waals surface area contributed by atoms with E-state index in [4.69, 9.17) is 4.74 Å². The van der Waals surface area contributed by atoms with Crippen LogP contribution in [-0.4, -0.2) is 68.3 Å². The Hall–Kier alpha value is -2.54. The summed E-state index contributed by atoms with van der Waals surface area (Å²) in [5.74, 6) is -0.208. The van der Waals surface area contributed by atoms with Gasteiger partial charge in [-0.2, -0.15) is 18.2 Å². The summed E-state index contributed by atoms with van der Waals surface area (Å²) in [5, 5.41) is 27.1. The predicted molar refractivity (Wildman–Crippen MR) is 122 cm³/mol. The Morgan fingerprint density at radius 1 is 1.24 bits per heavy atom. The van der Waals surface area contributed by atoms with Crippen LogP contribution in [0.4, 0.5) is 24.9 Å². The van der Waals surface area contributed by atoms with E-state index in [1.54, 1.807) is 13.8 Å². The lowest BCUT2D eigenvalue weighted by Gasteiger charge is -2.28. The fourth-order valence-corrected chi connectivity index (χ4v) is 5.84. The molecule has 4 N–H and O–H groups in total. The van der Waals surface area contributed by atoms with Gasteiger partial charge in [0.25, 0.3) is 0 Å². The number of aryl methyl sites for hydroxylation is 1. The number of hydrogen-bond acceptors (Lipinski definition) is 9. The molecule has 1 aromatic carbocycles. The van der Waals surface area contributed by atoms with Crippen LogP contribution >= 0.6 is 11.3 Å². The van der Waals surface area contributed by atoms with Crippen LogP contribution in [-0.2, 0) is 4.74 Å². The lowest BCUT2D eigenvalue weighted by atomic mass is 10.1. The third-order valence-corrected chi connectivity index (χ3v) is 7.44. The number of thiazole rings is 1. The molecule has 34 heavy (non-hydrogen) atoms. The molecule has 182 valence electrons.